The van der Waals surface area contributed by atoms with Gasteiger partial charge in [-0.3, -0.25) is 10.1 Å². The summed E-state index contributed by atoms with van der Waals surface area (Å²) in [5, 5.41) is 12.0. The fourth-order valence-electron chi connectivity index (χ4n) is 2.25. The number of hydrogen-bond acceptors (Lipinski definition) is 3. The Bertz CT molecular complexity index is 431. The van der Waals surface area contributed by atoms with Gasteiger partial charge < -0.3 is 9.84 Å². The first-order chi connectivity index (χ1) is 8.11. The lowest BCUT2D eigenvalue weighted by atomic mass is 10.1. The van der Waals surface area contributed by atoms with Crippen LogP contribution in [0.15, 0.2) is 18.2 Å². The molecule has 0 amide bonds. The van der Waals surface area contributed by atoms with Crippen LogP contribution in [-0.4, -0.2) is 24.2 Å². The summed E-state index contributed by atoms with van der Waals surface area (Å²) in [5.41, 5.74) is 2.44. The second-order valence-corrected chi connectivity index (χ2v) is 4.38. The number of benzene rings is 1. The number of carboxylic acid groups (broad SMARTS) is 1. The Morgan fingerprint density at radius 3 is 3.00 bits per heavy atom. The fourth-order valence-corrected chi connectivity index (χ4v) is 2.25. The molecule has 0 heterocycles. The number of fused-ring (bicyclic) bond motifs is 1. The van der Waals surface area contributed by atoms with Gasteiger partial charge in [0, 0.05) is 6.04 Å². The molecule has 17 heavy (non-hydrogen) atoms. The third-order valence-electron chi connectivity index (χ3n) is 3.25. The number of aliphatic carboxylic acids is 1. The van der Waals surface area contributed by atoms with Crippen LogP contribution in [0.2, 0.25) is 0 Å². The van der Waals surface area contributed by atoms with E-state index < -0.39 is 12.0 Å². The van der Waals surface area contributed by atoms with Crippen molar-refractivity contribution in [2.24, 2.45) is 0 Å². The first-order valence-electron chi connectivity index (χ1n) is 5.77. The van der Waals surface area contributed by atoms with Crippen LogP contribution in [-0.2, 0) is 11.2 Å². The minimum atomic E-state index is -0.818. The van der Waals surface area contributed by atoms with Gasteiger partial charge in [-0.2, -0.15) is 0 Å². The number of ether oxygens (including phenoxy) is 1. The molecule has 1 aromatic carbocycles. The lowest BCUT2D eigenvalue weighted by Crippen LogP contribution is -2.35. The molecule has 0 bridgehead atoms. The van der Waals surface area contributed by atoms with Crippen LogP contribution in [0.4, 0.5) is 0 Å². The molecule has 0 fully saturated rings. The molecule has 4 heteroatoms. The molecule has 2 atom stereocenters. The van der Waals surface area contributed by atoms with Crippen molar-refractivity contribution in [3.63, 3.8) is 0 Å². The van der Waals surface area contributed by atoms with Gasteiger partial charge in [0.05, 0.1) is 7.11 Å². The van der Waals surface area contributed by atoms with Crippen LogP contribution < -0.4 is 10.1 Å². The highest BCUT2D eigenvalue weighted by Crippen LogP contribution is 2.33. The molecule has 4 nitrogen and oxygen atoms in total. The summed E-state index contributed by atoms with van der Waals surface area (Å²) in [6.45, 7) is 1.67. The molecule has 1 aromatic rings. The maximum absolute atomic E-state index is 10.8. The molecule has 92 valence electrons. The van der Waals surface area contributed by atoms with Crippen molar-refractivity contribution in [3.05, 3.63) is 29.3 Å². The largest absolute Gasteiger partial charge is 0.497 e. The number of rotatable bonds is 4. The maximum atomic E-state index is 10.8. The molecule has 2 rings (SSSR count). The minimum absolute atomic E-state index is 0.117. The van der Waals surface area contributed by atoms with Gasteiger partial charge in [0.1, 0.15) is 11.8 Å². The summed E-state index contributed by atoms with van der Waals surface area (Å²) >= 11 is 0. The van der Waals surface area contributed by atoms with Crippen molar-refractivity contribution in [2.75, 3.05) is 7.11 Å². The monoisotopic (exact) mass is 235 g/mol. The topological polar surface area (TPSA) is 58.6 Å². The number of methoxy groups -OCH3 is 1. The van der Waals surface area contributed by atoms with Crippen LogP contribution in [0, 0.1) is 0 Å². The Balaban J connectivity index is 2.17. The van der Waals surface area contributed by atoms with Gasteiger partial charge in [0.25, 0.3) is 0 Å². The number of carbonyl (C=O) groups is 1. The van der Waals surface area contributed by atoms with Crippen molar-refractivity contribution in [1.29, 1.82) is 0 Å². The van der Waals surface area contributed by atoms with Crippen LogP contribution in [0.3, 0.4) is 0 Å². The second-order valence-electron chi connectivity index (χ2n) is 4.38. The first-order valence-corrected chi connectivity index (χ1v) is 5.77. The van der Waals surface area contributed by atoms with E-state index in [2.05, 4.69) is 11.4 Å². The molecule has 1 aliphatic rings. The van der Waals surface area contributed by atoms with Crippen LogP contribution in [0.5, 0.6) is 5.75 Å². The van der Waals surface area contributed by atoms with Gasteiger partial charge in [-0.15, -0.1) is 0 Å². The predicted octanol–water partition coefficient (Wildman–Crippen LogP) is 1.75. The van der Waals surface area contributed by atoms with E-state index in [-0.39, 0.29) is 6.04 Å². The normalized spacial score (nSPS) is 19.8. The van der Waals surface area contributed by atoms with Gasteiger partial charge in [-0.25, -0.2) is 0 Å². The highest BCUT2D eigenvalue weighted by atomic mass is 16.5. The molecular formula is C13H17NO3. The zero-order valence-corrected chi connectivity index (χ0v) is 10.1. The lowest BCUT2D eigenvalue weighted by molar-refractivity contribution is -0.139. The SMILES string of the molecule is COc1ccc2c(c1)C(NC(C)C(=O)O)CC2. The number of carboxylic acids is 1. The highest BCUT2D eigenvalue weighted by molar-refractivity contribution is 5.73. The molecule has 0 aromatic heterocycles. The molecule has 0 aliphatic heterocycles. The predicted molar refractivity (Wildman–Crippen MR) is 64.3 cm³/mol. The summed E-state index contributed by atoms with van der Waals surface area (Å²) in [6.07, 6.45) is 1.93. The second kappa shape index (κ2) is 4.75. The summed E-state index contributed by atoms with van der Waals surface area (Å²) in [7, 11) is 1.64. The van der Waals surface area contributed by atoms with Crippen LogP contribution >= 0.6 is 0 Å². The zero-order valence-electron chi connectivity index (χ0n) is 10.1. The van der Waals surface area contributed by atoms with E-state index in [4.69, 9.17) is 9.84 Å². The van der Waals surface area contributed by atoms with E-state index in [0.717, 1.165) is 24.2 Å². The van der Waals surface area contributed by atoms with E-state index in [9.17, 15) is 4.79 Å². The Kier molecular flexibility index (Phi) is 3.33. The van der Waals surface area contributed by atoms with Gasteiger partial charge >= 0.3 is 5.97 Å². The summed E-state index contributed by atoms with van der Waals surface area (Å²) in [4.78, 5) is 10.8. The van der Waals surface area contributed by atoms with Gasteiger partial charge in [0.15, 0.2) is 0 Å². The number of nitrogens with one attached hydrogen (secondary N) is 1. The van der Waals surface area contributed by atoms with Crippen LogP contribution in [0.25, 0.3) is 0 Å². The van der Waals surface area contributed by atoms with E-state index in [1.54, 1.807) is 14.0 Å². The molecule has 0 saturated carbocycles. The standard InChI is InChI=1S/C13H17NO3/c1-8(13(15)16)14-12-6-4-9-3-5-10(17-2)7-11(9)12/h3,5,7-8,12,14H,4,6H2,1-2H3,(H,15,16). The van der Waals surface area contributed by atoms with Gasteiger partial charge in [-0.1, -0.05) is 6.07 Å². The first kappa shape index (κ1) is 11.9. The van der Waals surface area contributed by atoms with E-state index in [0.29, 0.717) is 0 Å². The molecule has 1 aliphatic carbocycles. The third kappa shape index (κ3) is 2.42. The highest BCUT2D eigenvalue weighted by Gasteiger charge is 2.25. The Hall–Kier alpha value is -1.55. The van der Waals surface area contributed by atoms with Crippen molar-refractivity contribution in [2.45, 2.75) is 31.8 Å². The van der Waals surface area contributed by atoms with Crippen molar-refractivity contribution < 1.29 is 14.6 Å². The fraction of sp³-hybridized carbons (Fsp3) is 0.462. The van der Waals surface area contributed by atoms with Crippen molar-refractivity contribution in [1.82, 2.24) is 5.32 Å². The van der Waals surface area contributed by atoms with Crippen molar-refractivity contribution in [3.8, 4) is 5.75 Å². The number of hydrogen-bond donors (Lipinski definition) is 2. The van der Waals surface area contributed by atoms with E-state index >= 15 is 0 Å². The Morgan fingerprint density at radius 2 is 2.35 bits per heavy atom. The van der Waals surface area contributed by atoms with E-state index in [1.807, 2.05) is 12.1 Å². The smallest absolute Gasteiger partial charge is 0.320 e. The molecule has 2 unspecified atom stereocenters. The Morgan fingerprint density at radius 1 is 1.59 bits per heavy atom. The Labute approximate surface area is 101 Å². The average molecular weight is 235 g/mol. The molecule has 2 N–H and O–H groups in total. The van der Waals surface area contributed by atoms with Crippen molar-refractivity contribution >= 4 is 5.97 Å². The molecule has 0 radical (unpaired) electrons. The summed E-state index contributed by atoms with van der Waals surface area (Å²) in [5.74, 6) is 0.00164. The van der Waals surface area contributed by atoms with Crippen LogP contribution in [0.1, 0.15) is 30.5 Å². The average Bonchev–Trinajstić information content (AvgIpc) is 2.71. The van der Waals surface area contributed by atoms with Gasteiger partial charge in [0.2, 0.25) is 0 Å². The molecule has 0 saturated heterocycles. The van der Waals surface area contributed by atoms with Gasteiger partial charge in [-0.05, 0) is 43.0 Å². The molecular weight excluding hydrogens is 218 g/mol. The molecule has 0 spiro atoms. The summed E-state index contributed by atoms with van der Waals surface area (Å²) in [6, 6.07) is 5.58. The maximum Gasteiger partial charge on any atom is 0.320 e. The minimum Gasteiger partial charge on any atom is -0.497 e. The zero-order chi connectivity index (χ0) is 12.4. The lowest BCUT2D eigenvalue weighted by Gasteiger charge is -2.17. The quantitative estimate of drug-likeness (QED) is 0.834. The third-order valence-corrected chi connectivity index (χ3v) is 3.25. The summed E-state index contributed by atoms with van der Waals surface area (Å²) < 4.78 is 5.20. The number of aryl methyl sites for hydroxylation is 1. The van der Waals surface area contributed by atoms with E-state index in [1.165, 1.54) is 5.56 Å².